The minimum Gasteiger partial charge on any atom is -0.462 e. The molecule has 1 saturated heterocycles. The SMILES string of the molecule is CCOC(=O)C(=CNc1cccc(CN2CCCCC2)c1)C(=O)c1cc(F)c(F)c(OC(F)(F)F)c1F. The standard InChI is InChI=1S/C25H24F6N2O4/c1-2-36-24(35)18(13-32-16-8-6-7-15(11-16)14-33-9-4-3-5-10-33)22(34)17-12-19(26)21(28)23(20(17)27)37-25(29,30)31/h6-8,11-13,32H,2-5,9-10,14H2,1H3. The maximum absolute atomic E-state index is 14.7. The number of carbonyl (C=O) groups is 2. The molecule has 6 nitrogen and oxygen atoms in total. The van der Waals surface area contributed by atoms with Gasteiger partial charge in [-0.25, -0.2) is 13.6 Å². The van der Waals surface area contributed by atoms with Gasteiger partial charge in [0.15, 0.2) is 11.6 Å². The van der Waals surface area contributed by atoms with Crippen molar-refractivity contribution in [3.05, 3.63) is 70.7 Å². The lowest BCUT2D eigenvalue weighted by atomic mass is 10.0. The topological polar surface area (TPSA) is 67.9 Å². The second-order valence-electron chi connectivity index (χ2n) is 8.20. The molecule has 0 unspecified atom stereocenters. The van der Waals surface area contributed by atoms with Gasteiger partial charge in [0.1, 0.15) is 5.57 Å². The van der Waals surface area contributed by atoms with Gasteiger partial charge in [-0.05, 0) is 56.6 Å². The van der Waals surface area contributed by atoms with Gasteiger partial charge in [0.25, 0.3) is 0 Å². The maximum Gasteiger partial charge on any atom is 0.573 e. The highest BCUT2D eigenvalue weighted by Crippen LogP contribution is 2.33. The summed E-state index contributed by atoms with van der Waals surface area (Å²) in [6, 6.07) is 7.04. The van der Waals surface area contributed by atoms with E-state index in [0.717, 1.165) is 37.7 Å². The molecule has 0 amide bonds. The van der Waals surface area contributed by atoms with Crippen LogP contribution < -0.4 is 10.1 Å². The third-order valence-electron chi connectivity index (χ3n) is 5.48. The number of ketones is 1. The number of benzene rings is 2. The summed E-state index contributed by atoms with van der Waals surface area (Å²) in [5, 5.41) is 2.71. The van der Waals surface area contributed by atoms with E-state index in [-0.39, 0.29) is 12.7 Å². The number of Topliss-reactive ketones (excluding diaryl/α,β-unsaturated/α-hetero) is 1. The molecule has 1 N–H and O–H groups in total. The van der Waals surface area contributed by atoms with E-state index in [1.54, 1.807) is 18.2 Å². The van der Waals surface area contributed by atoms with Gasteiger partial charge >= 0.3 is 12.3 Å². The monoisotopic (exact) mass is 530 g/mol. The van der Waals surface area contributed by atoms with Crippen LogP contribution >= 0.6 is 0 Å². The Bertz CT molecular complexity index is 1180. The number of esters is 1. The third kappa shape index (κ3) is 7.48. The molecule has 12 heteroatoms. The van der Waals surface area contributed by atoms with Crippen molar-refractivity contribution in [2.24, 2.45) is 0 Å². The van der Waals surface area contributed by atoms with Crippen LogP contribution in [0.5, 0.6) is 5.75 Å². The molecule has 0 aliphatic carbocycles. The van der Waals surface area contributed by atoms with Gasteiger partial charge < -0.3 is 14.8 Å². The zero-order chi connectivity index (χ0) is 27.2. The van der Waals surface area contributed by atoms with Gasteiger partial charge in [-0.3, -0.25) is 9.69 Å². The van der Waals surface area contributed by atoms with Gasteiger partial charge in [-0.2, -0.15) is 4.39 Å². The Labute approximate surface area is 208 Å². The molecule has 3 rings (SSSR count). The van der Waals surface area contributed by atoms with Gasteiger partial charge in [0.05, 0.1) is 12.2 Å². The maximum atomic E-state index is 14.7. The van der Waals surface area contributed by atoms with Crippen LogP contribution in [0.1, 0.15) is 42.1 Å². The Kier molecular flexibility index (Phi) is 9.19. The molecule has 2 aromatic carbocycles. The molecular formula is C25H24F6N2O4. The van der Waals surface area contributed by atoms with E-state index >= 15 is 0 Å². The van der Waals surface area contributed by atoms with Crippen molar-refractivity contribution in [2.45, 2.75) is 39.1 Å². The summed E-state index contributed by atoms with van der Waals surface area (Å²) in [7, 11) is 0. The summed E-state index contributed by atoms with van der Waals surface area (Å²) in [6.45, 7) is 3.81. The molecule has 1 heterocycles. The summed E-state index contributed by atoms with van der Waals surface area (Å²) in [5.74, 6) is -11.3. The fraction of sp³-hybridized carbons (Fsp3) is 0.360. The predicted molar refractivity (Wildman–Crippen MR) is 121 cm³/mol. The number of piperidine rings is 1. The zero-order valence-electron chi connectivity index (χ0n) is 19.8. The first-order chi connectivity index (χ1) is 17.5. The molecule has 200 valence electrons. The summed E-state index contributed by atoms with van der Waals surface area (Å²) in [5.41, 5.74) is -0.829. The average Bonchev–Trinajstić information content (AvgIpc) is 2.84. The molecule has 2 aromatic rings. The summed E-state index contributed by atoms with van der Waals surface area (Å²) < 4.78 is 88.2. The number of halogens is 6. The van der Waals surface area contributed by atoms with Crippen LogP contribution in [0.3, 0.4) is 0 Å². The van der Waals surface area contributed by atoms with Crippen molar-refractivity contribution >= 4 is 17.4 Å². The largest absolute Gasteiger partial charge is 0.573 e. The minimum atomic E-state index is -5.57. The molecule has 0 radical (unpaired) electrons. The van der Waals surface area contributed by atoms with Crippen molar-refractivity contribution in [3.8, 4) is 5.75 Å². The normalized spacial score (nSPS) is 14.8. The number of alkyl halides is 3. The molecule has 0 bridgehead atoms. The Morgan fingerprint density at radius 2 is 1.76 bits per heavy atom. The summed E-state index contributed by atoms with van der Waals surface area (Å²) in [6.07, 6.45) is -1.33. The molecule has 37 heavy (non-hydrogen) atoms. The third-order valence-corrected chi connectivity index (χ3v) is 5.48. The van der Waals surface area contributed by atoms with Gasteiger partial charge in [0.2, 0.25) is 17.3 Å². The summed E-state index contributed by atoms with van der Waals surface area (Å²) >= 11 is 0. The van der Waals surface area contributed by atoms with E-state index in [2.05, 4.69) is 15.0 Å². The van der Waals surface area contributed by atoms with E-state index in [1.807, 2.05) is 6.07 Å². The second kappa shape index (κ2) is 12.1. The fourth-order valence-corrected chi connectivity index (χ4v) is 3.81. The molecule has 0 saturated carbocycles. The lowest BCUT2D eigenvalue weighted by molar-refractivity contribution is -0.276. The average molecular weight is 530 g/mol. The molecule has 0 spiro atoms. The molecule has 1 aliphatic heterocycles. The first-order valence-corrected chi connectivity index (χ1v) is 11.4. The molecule has 1 fully saturated rings. The minimum absolute atomic E-state index is 0.0442. The van der Waals surface area contributed by atoms with Gasteiger partial charge in [-0.15, -0.1) is 13.2 Å². The van der Waals surface area contributed by atoms with Crippen LogP contribution in [-0.2, 0) is 16.1 Å². The molecule has 0 aromatic heterocycles. The van der Waals surface area contributed by atoms with Crippen LogP contribution in [0.4, 0.5) is 32.0 Å². The second-order valence-corrected chi connectivity index (χ2v) is 8.20. The highest BCUT2D eigenvalue weighted by atomic mass is 19.4. The fourth-order valence-electron chi connectivity index (χ4n) is 3.81. The van der Waals surface area contributed by atoms with Crippen molar-refractivity contribution < 1.29 is 45.4 Å². The Hall–Kier alpha value is -3.54. The van der Waals surface area contributed by atoms with E-state index in [1.165, 1.54) is 13.3 Å². The van der Waals surface area contributed by atoms with Crippen molar-refractivity contribution in [1.82, 2.24) is 4.90 Å². The smallest absolute Gasteiger partial charge is 0.462 e. The first-order valence-electron chi connectivity index (χ1n) is 11.4. The van der Waals surface area contributed by atoms with Crippen LogP contribution in [0.25, 0.3) is 0 Å². The van der Waals surface area contributed by atoms with E-state index in [9.17, 15) is 35.9 Å². The Balaban J connectivity index is 1.91. The van der Waals surface area contributed by atoms with E-state index < -0.39 is 52.5 Å². The van der Waals surface area contributed by atoms with Crippen LogP contribution in [0, 0.1) is 17.5 Å². The zero-order valence-corrected chi connectivity index (χ0v) is 19.8. The number of rotatable bonds is 9. The number of anilines is 1. The van der Waals surface area contributed by atoms with Crippen molar-refractivity contribution in [3.63, 3.8) is 0 Å². The number of hydrogen-bond acceptors (Lipinski definition) is 6. The highest BCUT2D eigenvalue weighted by Gasteiger charge is 2.37. The van der Waals surface area contributed by atoms with E-state index in [4.69, 9.17) is 4.74 Å². The number of likely N-dealkylation sites (tertiary alicyclic amines) is 1. The lowest BCUT2D eigenvalue weighted by Gasteiger charge is -2.26. The Morgan fingerprint density at radius 3 is 2.41 bits per heavy atom. The Morgan fingerprint density at radius 1 is 1.05 bits per heavy atom. The summed E-state index contributed by atoms with van der Waals surface area (Å²) in [4.78, 5) is 27.6. The highest BCUT2D eigenvalue weighted by molar-refractivity contribution is 6.24. The predicted octanol–water partition coefficient (Wildman–Crippen LogP) is 5.73. The first kappa shape index (κ1) is 28.0. The number of carbonyl (C=O) groups excluding carboxylic acids is 2. The molecule has 0 atom stereocenters. The van der Waals surface area contributed by atoms with Crippen LogP contribution in [0.2, 0.25) is 0 Å². The van der Waals surface area contributed by atoms with Gasteiger partial charge in [-0.1, -0.05) is 18.6 Å². The number of nitrogens with one attached hydrogen (secondary N) is 1. The van der Waals surface area contributed by atoms with Crippen molar-refractivity contribution in [2.75, 3.05) is 25.0 Å². The van der Waals surface area contributed by atoms with Gasteiger partial charge in [0, 0.05) is 18.4 Å². The number of hydrogen-bond donors (Lipinski definition) is 1. The quantitative estimate of drug-likeness (QED) is 0.0850. The van der Waals surface area contributed by atoms with E-state index in [0.29, 0.717) is 12.2 Å². The van der Waals surface area contributed by atoms with Crippen molar-refractivity contribution in [1.29, 1.82) is 0 Å². The van der Waals surface area contributed by atoms with Crippen LogP contribution in [-0.4, -0.2) is 42.7 Å². The molecule has 1 aliphatic rings. The number of nitrogens with zero attached hydrogens (tertiary/aromatic N) is 1. The number of ether oxygens (including phenoxy) is 2. The van der Waals surface area contributed by atoms with Crippen LogP contribution in [0.15, 0.2) is 42.1 Å². The molecular weight excluding hydrogens is 506 g/mol. The lowest BCUT2D eigenvalue weighted by Crippen LogP contribution is -2.29.